The maximum atomic E-state index is 12.5. The Balaban J connectivity index is 1.44. The van der Waals surface area contributed by atoms with Gasteiger partial charge in [-0.3, -0.25) is 10.0 Å². The summed E-state index contributed by atoms with van der Waals surface area (Å²) in [6.45, 7) is 0. The summed E-state index contributed by atoms with van der Waals surface area (Å²) in [4.78, 5) is 12.5. The molecule has 0 fully saturated rings. The van der Waals surface area contributed by atoms with Crippen LogP contribution in [0.15, 0.2) is 88.9 Å². The minimum absolute atomic E-state index is 0.146. The third-order valence-electron chi connectivity index (χ3n) is 5.16. The summed E-state index contributed by atoms with van der Waals surface area (Å²) in [5, 5.41) is 21.7. The molecule has 3 heterocycles. The SMILES string of the molecule is COc1ccc2c(c1)C(=Cc1ccc3c(c1)N=NC3=CC=C1C=CN(O)C=C1)C(=O)N2. The van der Waals surface area contributed by atoms with Gasteiger partial charge in [-0.1, -0.05) is 12.1 Å². The molecule has 0 aliphatic carbocycles. The molecule has 0 radical (unpaired) electrons. The number of amides is 1. The number of nitrogens with zero attached hydrogens (tertiary/aromatic N) is 3. The first-order valence-electron chi connectivity index (χ1n) is 9.64. The topological polar surface area (TPSA) is 86.5 Å². The van der Waals surface area contributed by atoms with Gasteiger partial charge in [0.05, 0.1) is 18.5 Å². The molecular formula is C24H18N4O3. The second-order valence-corrected chi connectivity index (χ2v) is 7.13. The maximum absolute atomic E-state index is 12.5. The second-order valence-electron chi connectivity index (χ2n) is 7.13. The zero-order chi connectivity index (χ0) is 21.4. The standard InChI is InChI=1S/C24H18N4O3/c1-31-17-4-7-21-19(14-17)20(24(29)25-21)12-16-2-5-18-22(26-27-23(18)13-16)6-3-15-8-10-28(30)11-9-15/h2-14,30H,1H3,(H,25,29). The Morgan fingerprint density at radius 2 is 1.87 bits per heavy atom. The molecule has 0 bridgehead atoms. The maximum Gasteiger partial charge on any atom is 0.256 e. The van der Waals surface area contributed by atoms with E-state index in [1.54, 1.807) is 31.7 Å². The van der Waals surface area contributed by atoms with E-state index in [2.05, 4.69) is 15.5 Å². The lowest BCUT2D eigenvalue weighted by Crippen LogP contribution is -2.03. The Labute approximate surface area is 178 Å². The second kappa shape index (κ2) is 7.55. The van der Waals surface area contributed by atoms with Gasteiger partial charge in [0.2, 0.25) is 0 Å². The summed E-state index contributed by atoms with van der Waals surface area (Å²) in [6.07, 6.45) is 12.3. The van der Waals surface area contributed by atoms with E-state index in [1.807, 2.05) is 54.6 Å². The molecule has 0 saturated carbocycles. The van der Waals surface area contributed by atoms with Crippen molar-refractivity contribution in [3.8, 4) is 5.75 Å². The van der Waals surface area contributed by atoms with Gasteiger partial charge in [-0.2, -0.15) is 0 Å². The molecule has 0 atom stereocenters. The van der Waals surface area contributed by atoms with E-state index in [0.29, 0.717) is 11.3 Å². The molecule has 0 unspecified atom stereocenters. The molecule has 0 aromatic heterocycles. The number of fused-ring (bicyclic) bond motifs is 2. The molecule has 152 valence electrons. The van der Waals surface area contributed by atoms with Crippen LogP contribution in [-0.4, -0.2) is 23.3 Å². The molecule has 0 spiro atoms. The van der Waals surface area contributed by atoms with Crippen LogP contribution in [0.4, 0.5) is 11.4 Å². The monoisotopic (exact) mass is 410 g/mol. The first-order valence-corrected chi connectivity index (χ1v) is 9.64. The highest BCUT2D eigenvalue weighted by Gasteiger charge is 2.25. The number of nitrogens with one attached hydrogen (secondary N) is 1. The Hall–Kier alpha value is -4.23. The summed E-state index contributed by atoms with van der Waals surface area (Å²) >= 11 is 0. The zero-order valence-corrected chi connectivity index (χ0v) is 16.6. The molecule has 5 rings (SSSR count). The fourth-order valence-corrected chi connectivity index (χ4v) is 3.54. The van der Waals surface area contributed by atoms with Gasteiger partial charge in [0.15, 0.2) is 0 Å². The van der Waals surface area contributed by atoms with Crippen LogP contribution in [0.25, 0.3) is 17.3 Å². The van der Waals surface area contributed by atoms with E-state index in [9.17, 15) is 10.0 Å². The van der Waals surface area contributed by atoms with Crippen LogP contribution in [0.3, 0.4) is 0 Å². The molecule has 3 aliphatic heterocycles. The molecule has 7 heteroatoms. The third-order valence-corrected chi connectivity index (χ3v) is 5.16. The largest absolute Gasteiger partial charge is 0.497 e. The molecule has 2 N–H and O–H groups in total. The lowest BCUT2D eigenvalue weighted by molar-refractivity contribution is -0.110. The molecule has 2 aromatic carbocycles. The van der Waals surface area contributed by atoms with Crippen LogP contribution in [0.1, 0.15) is 16.7 Å². The number of allylic oxidation sites excluding steroid dienone is 5. The Morgan fingerprint density at radius 3 is 2.68 bits per heavy atom. The van der Waals surface area contributed by atoms with Gasteiger partial charge in [-0.25, -0.2) is 5.06 Å². The van der Waals surface area contributed by atoms with E-state index < -0.39 is 0 Å². The third kappa shape index (κ3) is 3.58. The lowest BCUT2D eigenvalue weighted by atomic mass is 10.0. The van der Waals surface area contributed by atoms with Gasteiger partial charge in [-0.15, -0.1) is 10.2 Å². The van der Waals surface area contributed by atoms with E-state index in [4.69, 9.17) is 4.74 Å². The molecule has 1 amide bonds. The number of hydrogen-bond acceptors (Lipinski definition) is 6. The molecular weight excluding hydrogens is 392 g/mol. The van der Waals surface area contributed by atoms with Crippen molar-refractivity contribution in [2.45, 2.75) is 0 Å². The predicted molar refractivity (Wildman–Crippen MR) is 118 cm³/mol. The van der Waals surface area contributed by atoms with Gasteiger partial charge in [0, 0.05) is 34.8 Å². The van der Waals surface area contributed by atoms with Crippen molar-refractivity contribution < 1.29 is 14.7 Å². The van der Waals surface area contributed by atoms with Gasteiger partial charge < -0.3 is 10.1 Å². The summed E-state index contributed by atoms with van der Waals surface area (Å²) < 4.78 is 5.29. The highest BCUT2D eigenvalue weighted by atomic mass is 16.5. The highest BCUT2D eigenvalue weighted by molar-refractivity contribution is 6.35. The van der Waals surface area contributed by atoms with Gasteiger partial charge in [-0.05, 0) is 65.8 Å². The van der Waals surface area contributed by atoms with Crippen LogP contribution >= 0.6 is 0 Å². The minimum atomic E-state index is -0.146. The van der Waals surface area contributed by atoms with Crippen LogP contribution in [-0.2, 0) is 4.79 Å². The van der Waals surface area contributed by atoms with Crippen LogP contribution in [0, 0.1) is 0 Å². The Morgan fingerprint density at radius 1 is 1.03 bits per heavy atom. The van der Waals surface area contributed by atoms with Crippen molar-refractivity contribution in [1.29, 1.82) is 0 Å². The average Bonchev–Trinajstić information content (AvgIpc) is 3.33. The quantitative estimate of drug-likeness (QED) is 0.674. The number of carbonyl (C=O) groups excluding carboxylic acids is 1. The fourth-order valence-electron chi connectivity index (χ4n) is 3.54. The smallest absolute Gasteiger partial charge is 0.256 e. The number of methoxy groups -OCH3 is 1. The molecule has 0 saturated heterocycles. The van der Waals surface area contributed by atoms with Crippen LogP contribution < -0.4 is 10.1 Å². The van der Waals surface area contributed by atoms with Crippen molar-refractivity contribution in [1.82, 2.24) is 5.06 Å². The van der Waals surface area contributed by atoms with Crippen LogP contribution in [0.2, 0.25) is 0 Å². The van der Waals surface area contributed by atoms with E-state index in [1.165, 1.54) is 0 Å². The number of hydrogen-bond donors (Lipinski definition) is 2. The van der Waals surface area contributed by atoms with Crippen molar-refractivity contribution in [3.05, 3.63) is 95.4 Å². The first-order chi connectivity index (χ1) is 15.1. The van der Waals surface area contributed by atoms with Gasteiger partial charge in [0.25, 0.3) is 5.91 Å². The number of carbonyl (C=O) groups is 1. The summed E-state index contributed by atoms with van der Waals surface area (Å²) in [5.74, 6) is 0.551. The summed E-state index contributed by atoms with van der Waals surface area (Å²) in [5.41, 5.74) is 6.38. The van der Waals surface area contributed by atoms with Crippen molar-refractivity contribution >= 4 is 34.6 Å². The predicted octanol–water partition coefficient (Wildman–Crippen LogP) is 5.28. The van der Waals surface area contributed by atoms with E-state index in [-0.39, 0.29) is 5.91 Å². The fraction of sp³-hybridized carbons (Fsp3) is 0.0417. The normalized spacial score (nSPS) is 18.6. The Kier molecular flexibility index (Phi) is 4.57. The highest BCUT2D eigenvalue weighted by Crippen LogP contribution is 2.39. The van der Waals surface area contributed by atoms with Crippen LogP contribution in [0.5, 0.6) is 5.75 Å². The number of rotatable bonds is 3. The van der Waals surface area contributed by atoms with Crippen molar-refractivity contribution in [3.63, 3.8) is 0 Å². The van der Waals surface area contributed by atoms with Crippen molar-refractivity contribution in [2.75, 3.05) is 12.4 Å². The van der Waals surface area contributed by atoms with Gasteiger partial charge >= 0.3 is 0 Å². The lowest BCUT2D eigenvalue weighted by Gasteiger charge is -2.09. The number of hydroxylamine groups is 2. The number of azo groups is 1. The number of ether oxygens (including phenoxy) is 1. The van der Waals surface area contributed by atoms with E-state index in [0.717, 1.165) is 44.4 Å². The average molecular weight is 410 g/mol. The molecule has 2 aromatic rings. The molecule has 3 aliphatic rings. The minimum Gasteiger partial charge on any atom is -0.497 e. The number of anilines is 1. The summed E-state index contributed by atoms with van der Waals surface area (Å²) in [7, 11) is 1.60. The Bertz CT molecular complexity index is 1270. The van der Waals surface area contributed by atoms with Gasteiger partial charge in [0.1, 0.15) is 5.75 Å². The number of benzene rings is 2. The zero-order valence-electron chi connectivity index (χ0n) is 16.6. The first kappa shape index (κ1) is 18.8. The molecule has 31 heavy (non-hydrogen) atoms. The van der Waals surface area contributed by atoms with E-state index >= 15 is 0 Å². The summed E-state index contributed by atoms with van der Waals surface area (Å²) in [6, 6.07) is 11.3. The molecule has 7 nitrogen and oxygen atoms in total. The van der Waals surface area contributed by atoms with Crippen molar-refractivity contribution in [2.24, 2.45) is 10.2 Å².